The first kappa shape index (κ1) is 22.8. The van der Waals surface area contributed by atoms with E-state index in [-0.39, 0.29) is 28.5 Å². The maximum atomic E-state index is 8.34. The molecular weight excluding hydrogens is 471 g/mol. The molecule has 3 heterocycles. The zero-order chi connectivity index (χ0) is 24.4. The minimum absolute atomic E-state index is 0.00956. The van der Waals surface area contributed by atoms with Gasteiger partial charge in [0.25, 0.3) is 0 Å². The molecule has 0 radical (unpaired) electrons. The molecule has 8 nitrogen and oxygen atoms in total. The van der Waals surface area contributed by atoms with Crippen LogP contribution in [0.5, 0.6) is 0 Å². The third-order valence-corrected chi connectivity index (χ3v) is 5.57. The zero-order valence-corrected chi connectivity index (χ0v) is 18.9. The predicted molar refractivity (Wildman–Crippen MR) is 133 cm³/mol. The number of H-pyrrole nitrogens is 3. The van der Waals surface area contributed by atoms with Gasteiger partial charge in [0.15, 0.2) is 0 Å². The van der Waals surface area contributed by atoms with Crippen LogP contribution in [0.15, 0.2) is 71.2 Å². The molecule has 0 aromatic carbocycles. The fraction of sp³-hybridized carbons (Fsp3) is 0. The molecule has 4 rings (SSSR count). The van der Waals surface area contributed by atoms with Gasteiger partial charge in [0.2, 0.25) is 0 Å². The van der Waals surface area contributed by atoms with E-state index in [1.165, 1.54) is 6.08 Å². The van der Waals surface area contributed by atoms with Crippen molar-refractivity contribution in [2.45, 2.75) is 0 Å². The van der Waals surface area contributed by atoms with Crippen LogP contribution < -0.4 is 22.2 Å². The Morgan fingerprint density at radius 1 is 0.882 bits per heavy atom. The van der Waals surface area contributed by atoms with Crippen LogP contribution in [0.3, 0.4) is 0 Å². The van der Waals surface area contributed by atoms with Gasteiger partial charge in [-0.05, 0) is 11.6 Å². The SMILES string of the molecule is [CH-]=C/C([NH-])=C(\C1=CC(N)=C(N)C(=N)C1=N)c1ccc(C=c2ccc(=Cc3ccc([CH]=[Ni])[nH]3)[nH]2)[nH]1. The summed E-state index contributed by atoms with van der Waals surface area (Å²) in [6.07, 6.45) is 6.53. The molecule has 1 aliphatic carbocycles. The number of aromatic nitrogens is 3. The van der Waals surface area contributed by atoms with Crippen molar-refractivity contribution in [2.75, 3.05) is 0 Å². The average molecular weight is 493 g/mol. The van der Waals surface area contributed by atoms with E-state index in [9.17, 15) is 0 Å². The average Bonchev–Trinajstić information content (AvgIpc) is 3.58. The number of hydrogen-bond donors (Lipinski definition) is 7. The molecule has 34 heavy (non-hydrogen) atoms. The van der Waals surface area contributed by atoms with Gasteiger partial charge in [-0.3, -0.25) is 29.2 Å². The summed E-state index contributed by atoms with van der Waals surface area (Å²) in [5, 5.41) is 18.2. The summed E-state index contributed by atoms with van der Waals surface area (Å²) in [6, 6.07) is 11.4. The van der Waals surface area contributed by atoms with Gasteiger partial charge in [-0.25, -0.2) is 0 Å². The van der Waals surface area contributed by atoms with Crippen molar-refractivity contribution < 1.29 is 15.0 Å². The van der Waals surface area contributed by atoms with Gasteiger partial charge in [0, 0.05) is 0 Å². The minimum atomic E-state index is -0.189. The van der Waals surface area contributed by atoms with Crippen LogP contribution >= 0.6 is 0 Å². The van der Waals surface area contributed by atoms with Gasteiger partial charge in [0.1, 0.15) is 5.71 Å². The normalized spacial score (nSPS) is 16.1. The van der Waals surface area contributed by atoms with E-state index < -0.39 is 0 Å². The zero-order valence-electron chi connectivity index (χ0n) is 17.9. The second-order valence-corrected chi connectivity index (χ2v) is 7.86. The Morgan fingerprint density at radius 3 is 2.12 bits per heavy atom. The Labute approximate surface area is 203 Å². The molecule has 9 heteroatoms. The monoisotopic (exact) mass is 492 g/mol. The molecule has 0 atom stereocenters. The first-order chi connectivity index (χ1) is 16.3. The molecule has 3 aromatic rings. The van der Waals surface area contributed by atoms with Crippen molar-refractivity contribution in [3.05, 3.63) is 117 Å². The van der Waals surface area contributed by atoms with E-state index in [0.29, 0.717) is 16.8 Å². The Hall–Kier alpha value is -4.36. The molecule has 0 bridgehead atoms. The topological polar surface area (TPSA) is 171 Å². The van der Waals surface area contributed by atoms with Crippen LogP contribution in [0.25, 0.3) is 23.5 Å². The Balaban J connectivity index is 1.70. The van der Waals surface area contributed by atoms with Gasteiger partial charge in [-0.1, -0.05) is 5.57 Å². The molecule has 0 unspecified atom stereocenters. The number of aromatic amines is 3. The van der Waals surface area contributed by atoms with Gasteiger partial charge >= 0.3 is 117 Å². The molecule has 0 saturated heterocycles. The van der Waals surface area contributed by atoms with Crippen molar-refractivity contribution >= 4 is 34.1 Å². The van der Waals surface area contributed by atoms with Gasteiger partial charge in [-0.15, -0.1) is 0 Å². The molecular formula is C25H22N8Ni-2. The Kier molecular flexibility index (Phi) is 6.21. The van der Waals surface area contributed by atoms with E-state index in [1.54, 1.807) is 11.1 Å². The predicted octanol–water partition coefficient (Wildman–Crippen LogP) is 1.89. The molecule has 174 valence electrons. The van der Waals surface area contributed by atoms with Gasteiger partial charge in [0.05, 0.1) is 17.1 Å². The van der Waals surface area contributed by atoms with Crippen LogP contribution in [0.1, 0.15) is 22.8 Å². The number of nitrogens with one attached hydrogen (secondary N) is 6. The molecule has 1 aliphatic rings. The van der Waals surface area contributed by atoms with Gasteiger partial charge < -0.3 is 17.2 Å². The van der Waals surface area contributed by atoms with Gasteiger partial charge in [-0.2, -0.15) is 0 Å². The van der Waals surface area contributed by atoms with Crippen molar-refractivity contribution in [1.82, 2.24) is 15.0 Å². The molecule has 0 aliphatic heterocycles. The second-order valence-electron chi connectivity index (χ2n) is 7.58. The number of rotatable bonds is 6. The summed E-state index contributed by atoms with van der Waals surface area (Å²) in [6.45, 7) is 5.64. The molecule has 0 saturated carbocycles. The Bertz CT molecular complexity index is 1550. The molecule has 3 aromatic heterocycles. The number of nitrogens with two attached hydrogens (primary N) is 2. The number of allylic oxidation sites excluding steroid dienone is 5. The summed E-state index contributed by atoms with van der Waals surface area (Å²) in [4.78, 5) is 11.4. The molecule has 0 fully saturated rings. The van der Waals surface area contributed by atoms with E-state index in [1.807, 2.05) is 42.5 Å². The van der Waals surface area contributed by atoms with Crippen molar-refractivity contribution in [3.8, 4) is 0 Å². The summed E-state index contributed by atoms with van der Waals surface area (Å²) >= 11 is 4.64. The summed E-state index contributed by atoms with van der Waals surface area (Å²) < 4.78 is 0. The summed E-state index contributed by atoms with van der Waals surface area (Å²) in [5.41, 5.74) is 23.8. The quantitative estimate of drug-likeness (QED) is 0.121. The number of hydrogen-bond acceptors (Lipinski definition) is 4. The van der Waals surface area contributed by atoms with Crippen LogP contribution in [-0.2, 0) is 15.0 Å². The Morgan fingerprint density at radius 2 is 1.50 bits per heavy atom. The summed E-state index contributed by atoms with van der Waals surface area (Å²) in [7, 11) is 0. The fourth-order valence-corrected chi connectivity index (χ4v) is 3.74. The fourth-order valence-electron chi connectivity index (χ4n) is 3.58. The van der Waals surface area contributed by atoms with E-state index in [0.717, 1.165) is 33.9 Å². The summed E-state index contributed by atoms with van der Waals surface area (Å²) in [5.74, 6) is 0. The van der Waals surface area contributed by atoms with Crippen molar-refractivity contribution in [2.24, 2.45) is 11.5 Å². The molecule has 0 spiro atoms. The van der Waals surface area contributed by atoms with Crippen molar-refractivity contribution in [1.29, 1.82) is 10.8 Å². The standard InChI is InChI=1S/C25H22N8.Ni/c1-3-19(26)22(18-12-20(27)24(29)25(30)23(18)28)21-9-8-17(33-21)11-16-7-6-15(32-16)10-14-5-4-13(2)31-14;/h1-12,26,28,30-33H,27,29H2;/q-2;/b15-10?,16-11?,22-19-,28-23?,30-25?;. The third kappa shape index (κ3) is 4.42. The van der Waals surface area contributed by atoms with Crippen LogP contribution in [-0.4, -0.2) is 31.4 Å². The van der Waals surface area contributed by atoms with Crippen LogP contribution in [0.4, 0.5) is 0 Å². The van der Waals surface area contributed by atoms with E-state index >= 15 is 0 Å². The van der Waals surface area contributed by atoms with Crippen LogP contribution in [0, 0.1) is 17.4 Å². The van der Waals surface area contributed by atoms with Crippen LogP contribution in [0.2, 0.25) is 0 Å². The third-order valence-electron chi connectivity index (χ3n) is 5.27. The first-order valence-corrected chi connectivity index (χ1v) is 10.7. The second kappa shape index (κ2) is 9.25. The van der Waals surface area contributed by atoms with Crippen molar-refractivity contribution in [3.63, 3.8) is 0 Å². The van der Waals surface area contributed by atoms with E-state index in [2.05, 4.69) is 30.0 Å². The molecule has 10 N–H and O–H groups in total. The first-order valence-electron chi connectivity index (χ1n) is 10.1. The molecule has 0 amide bonds. The van der Waals surface area contributed by atoms with E-state index in [4.69, 9.17) is 34.6 Å². The maximum absolute atomic E-state index is 8.34.